The Labute approximate surface area is 129 Å². The molecule has 0 unspecified atom stereocenters. The second-order valence-electron chi connectivity index (χ2n) is 5.60. The summed E-state index contributed by atoms with van der Waals surface area (Å²) in [5.74, 6) is 1.09. The van der Waals surface area contributed by atoms with Gasteiger partial charge in [-0.05, 0) is 53.1 Å². The number of nitrogens with one attached hydrogen (secondary N) is 1. The van der Waals surface area contributed by atoms with E-state index in [9.17, 15) is 0 Å². The summed E-state index contributed by atoms with van der Waals surface area (Å²) in [5.41, 5.74) is 5.28. The Bertz CT molecular complexity index is 738. The molecule has 0 spiro atoms. The first-order valence-electron chi connectivity index (χ1n) is 7.16. The smallest absolute Gasteiger partial charge is 0.137 e. The van der Waals surface area contributed by atoms with Crippen LogP contribution in [0.5, 0.6) is 5.75 Å². The van der Waals surface area contributed by atoms with Gasteiger partial charge >= 0.3 is 0 Å². The van der Waals surface area contributed by atoms with E-state index in [1.807, 2.05) is 12.3 Å². The molecular formula is C18H16ClNO. The van der Waals surface area contributed by atoms with Crippen LogP contribution in [0.15, 0.2) is 42.6 Å². The molecule has 0 radical (unpaired) electrons. The lowest BCUT2D eigenvalue weighted by Gasteiger charge is -2.21. The SMILES string of the molecule is COc1cc2c(cc1Cl)C=CN[C@H]1Cc3ccccc3[C@H]21. The van der Waals surface area contributed by atoms with E-state index in [2.05, 4.69) is 41.7 Å². The van der Waals surface area contributed by atoms with Crippen LogP contribution >= 0.6 is 11.6 Å². The van der Waals surface area contributed by atoms with Crippen LogP contribution in [0.4, 0.5) is 0 Å². The summed E-state index contributed by atoms with van der Waals surface area (Å²) < 4.78 is 5.41. The van der Waals surface area contributed by atoms with Gasteiger partial charge in [-0.3, -0.25) is 0 Å². The lowest BCUT2D eigenvalue weighted by atomic mass is 9.87. The molecule has 1 aliphatic heterocycles. The van der Waals surface area contributed by atoms with Crippen molar-refractivity contribution in [3.05, 3.63) is 69.9 Å². The molecule has 2 atom stereocenters. The van der Waals surface area contributed by atoms with Crippen LogP contribution in [-0.4, -0.2) is 13.2 Å². The summed E-state index contributed by atoms with van der Waals surface area (Å²) in [5, 5.41) is 4.19. The van der Waals surface area contributed by atoms with Crippen molar-refractivity contribution >= 4 is 17.7 Å². The first-order valence-corrected chi connectivity index (χ1v) is 7.53. The van der Waals surface area contributed by atoms with Gasteiger partial charge in [0.25, 0.3) is 0 Å². The van der Waals surface area contributed by atoms with Gasteiger partial charge in [-0.1, -0.05) is 35.9 Å². The molecule has 2 aromatic carbocycles. The average Bonchev–Trinajstić information content (AvgIpc) is 2.77. The van der Waals surface area contributed by atoms with Crippen molar-refractivity contribution in [2.75, 3.05) is 7.11 Å². The molecule has 0 saturated carbocycles. The predicted octanol–water partition coefficient (Wildman–Crippen LogP) is 3.98. The van der Waals surface area contributed by atoms with E-state index < -0.39 is 0 Å². The zero-order valence-corrected chi connectivity index (χ0v) is 12.5. The molecule has 1 N–H and O–H groups in total. The van der Waals surface area contributed by atoms with Crippen LogP contribution in [0, 0.1) is 0 Å². The first kappa shape index (κ1) is 12.8. The van der Waals surface area contributed by atoms with E-state index in [-0.39, 0.29) is 0 Å². The fourth-order valence-electron chi connectivity index (χ4n) is 3.55. The Balaban J connectivity index is 1.93. The topological polar surface area (TPSA) is 21.3 Å². The predicted molar refractivity (Wildman–Crippen MR) is 86.0 cm³/mol. The maximum Gasteiger partial charge on any atom is 0.137 e. The highest BCUT2D eigenvalue weighted by molar-refractivity contribution is 6.32. The molecule has 1 aliphatic carbocycles. The van der Waals surface area contributed by atoms with Crippen LogP contribution in [0.1, 0.15) is 28.2 Å². The van der Waals surface area contributed by atoms with Gasteiger partial charge in [0.15, 0.2) is 0 Å². The summed E-state index contributed by atoms with van der Waals surface area (Å²) in [6, 6.07) is 13.2. The minimum absolute atomic E-state index is 0.345. The lowest BCUT2D eigenvalue weighted by Crippen LogP contribution is -2.28. The summed E-state index contributed by atoms with van der Waals surface area (Å²) in [6.07, 6.45) is 5.19. The summed E-state index contributed by atoms with van der Waals surface area (Å²) in [7, 11) is 1.67. The van der Waals surface area contributed by atoms with Crippen LogP contribution in [0.2, 0.25) is 5.02 Å². The number of halogens is 1. The van der Waals surface area contributed by atoms with E-state index in [0.717, 1.165) is 17.7 Å². The summed E-state index contributed by atoms with van der Waals surface area (Å²) in [4.78, 5) is 0. The molecule has 1 heterocycles. The molecule has 106 valence electrons. The third-order valence-corrected chi connectivity index (χ3v) is 4.79. The van der Waals surface area contributed by atoms with Gasteiger partial charge in [0.1, 0.15) is 5.75 Å². The number of rotatable bonds is 1. The van der Waals surface area contributed by atoms with Crippen molar-refractivity contribution in [1.29, 1.82) is 0 Å². The second-order valence-corrected chi connectivity index (χ2v) is 6.01. The standard InChI is InChI=1S/C18H16ClNO/c1-21-17-10-14-12(8-15(17)19)6-7-20-16-9-11-4-2-3-5-13(11)18(14)16/h2-8,10,16,18,20H,9H2,1H3/t16-,18+/m0/s1. The molecule has 0 bridgehead atoms. The molecule has 2 aromatic rings. The lowest BCUT2D eigenvalue weighted by molar-refractivity contribution is 0.414. The van der Waals surface area contributed by atoms with Crippen molar-refractivity contribution in [3.63, 3.8) is 0 Å². The van der Waals surface area contributed by atoms with Gasteiger partial charge in [-0.25, -0.2) is 0 Å². The number of benzene rings is 2. The number of methoxy groups -OCH3 is 1. The maximum absolute atomic E-state index is 6.28. The Kier molecular flexibility index (Phi) is 2.93. The van der Waals surface area contributed by atoms with Crippen molar-refractivity contribution < 1.29 is 4.74 Å². The maximum atomic E-state index is 6.28. The van der Waals surface area contributed by atoms with E-state index >= 15 is 0 Å². The van der Waals surface area contributed by atoms with Crippen LogP contribution in [0.25, 0.3) is 6.08 Å². The fraction of sp³-hybridized carbons (Fsp3) is 0.222. The third-order valence-electron chi connectivity index (χ3n) is 4.50. The number of hydrogen-bond acceptors (Lipinski definition) is 2. The van der Waals surface area contributed by atoms with E-state index in [0.29, 0.717) is 17.0 Å². The Morgan fingerprint density at radius 1 is 1.19 bits per heavy atom. The number of hydrogen-bond donors (Lipinski definition) is 1. The third kappa shape index (κ3) is 1.94. The average molecular weight is 298 g/mol. The minimum Gasteiger partial charge on any atom is -0.495 e. The van der Waals surface area contributed by atoms with Crippen LogP contribution < -0.4 is 10.1 Å². The van der Waals surface area contributed by atoms with E-state index in [4.69, 9.17) is 16.3 Å². The molecule has 0 fully saturated rings. The second kappa shape index (κ2) is 4.81. The molecule has 3 heteroatoms. The molecule has 0 aromatic heterocycles. The molecule has 0 saturated heterocycles. The van der Waals surface area contributed by atoms with Crippen LogP contribution in [0.3, 0.4) is 0 Å². The van der Waals surface area contributed by atoms with E-state index in [1.165, 1.54) is 16.7 Å². The normalized spacial score (nSPS) is 21.8. The fourth-order valence-corrected chi connectivity index (χ4v) is 3.80. The zero-order chi connectivity index (χ0) is 14.4. The van der Waals surface area contributed by atoms with Gasteiger partial charge < -0.3 is 10.1 Å². The molecule has 0 amide bonds. The highest BCUT2D eigenvalue weighted by Crippen LogP contribution is 2.43. The Hall–Kier alpha value is -1.93. The summed E-state index contributed by atoms with van der Waals surface area (Å²) >= 11 is 6.28. The minimum atomic E-state index is 0.345. The van der Waals surface area contributed by atoms with E-state index in [1.54, 1.807) is 7.11 Å². The van der Waals surface area contributed by atoms with Gasteiger partial charge in [0, 0.05) is 12.0 Å². The molecule has 21 heavy (non-hydrogen) atoms. The highest BCUT2D eigenvalue weighted by Gasteiger charge is 2.35. The van der Waals surface area contributed by atoms with Crippen molar-refractivity contribution in [3.8, 4) is 5.75 Å². The van der Waals surface area contributed by atoms with Crippen LogP contribution in [-0.2, 0) is 6.42 Å². The largest absolute Gasteiger partial charge is 0.495 e. The van der Waals surface area contributed by atoms with Crippen molar-refractivity contribution in [1.82, 2.24) is 5.32 Å². The molecule has 2 nitrogen and oxygen atoms in total. The van der Waals surface area contributed by atoms with Crippen molar-refractivity contribution in [2.24, 2.45) is 0 Å². The van der Waals surface area contributed by atoms with Gasteiger partial charge in [0.2, 0.25) is 0 Å². The molecular weight excluding hydrogens is 282 g/mol. The quantitative estimate of drug-likeness (QED) is 0.860. The van der Waals surface area contributed by atoms with Gasteiger partial charge in [-0.2, -0.15) is 0 Å². The highest BCUT2D eigenvalue weighted by atomic mass is 35.5. The number of fused-ring (bicyclic) bond motifs is 5. The molecule has 2 aliphatic rings. The first-order chi connectivity index (χ1) is 10.3. The molecule has 4 rings (SSSR count). The monoisotopic (exact) mass is 297 g/mol. The van der Waals surface area contributed by atoms with Crippen molar-refractivity contribution in [2.45, 2.75) is 18.4 Å². The zero-order valence-electron chi connectivity index (χ0n) is 11.8. The Morgan fingerprint density at radius 2 is 2.05 bits per heavy atom. The van der Waals surface area contributed by atoms with Gasteiger partial charge in [0.05, 0.1) is 12.1 Å². The number of ether oxygens (including phenoxy) is 1. The summed E-state index contributed by atoms with van der Waals surface area (Å²) in [6.45, 7) is 0. The Morgan fingerprint density at radius 3 is 2.90 bits per heavy atom. The van der Waals surface area contributed by atoms with Gasteiger partial charge in [-0.15, -0.1) is 0 Å².